The van der Waals surface area contributed by atoms with Gasteiger partial charge in [0.25, 0.3) is 0 Å². The largest absolute Gasteiger partial charge is 0.353 e. The highest BCUT2D eigenvalue weighted by atomic mass is 16.2. The van der Waals surface area contributed by atoms with Crippen molar-refractivity contribution >= 4 is 17.5 Å². The molecule has 2 rings (SSSR count). The summed E-state index contributed by atoms with van der Waals surface area (Å²) in [7, 11) is 0. The summed E-state index contributed by atoms with van der Waals surface area (Å²) < 4.78 is 0. The fourth-order valence-electron chi connectivity index (χ4n) is 2.20. The number of hydrogen-bond acceptors (Lipinski definition) is 2. The van der Waals surface area contributed by atoms with Gasteiger partial charge in [0, 0.05) is 24.7 Å². The van der Waals surface area contributed by atoms with Gasteiger partial charge < -0.3 is 10.2 Å². The highest BCUT2D eigenvalue weighted by Gasteiger charge is 2.35. The molecule has 19 heavy (non-hydrogen) atoms. The molecular formula is C15H20N2O2. The van der Waals surface area contributed by atoms with E-state index in [-0.39, 0.29) is 23.8 Å². The average Bonchev–Trinajstić information content (AvgIpc) is 2.82. The molecule has 0 aliphatic carbocycles. The van der Waals surface area contributed by atoms with Gasteiger partial charge in [-0.1, -0.05) is 25.1 Å². The molecule has 1 saturated heterocycles. The van der Waals surface area contributed by atoms with Crippen LogP contribution < -0.4 is 10.2 Å². The number of rotatable bonds is 4. The Bertz CT molecular complexity index is 458. The van der Waals surface area contributed by atoms with E-state index >= 15 is 0 Å². The second-order valence-electron chi connectivity index (χ2n) is 5.06. The van der Waals surface area contributed by atoms with Crippen LogP contribution in [0.2, 0.25) is 0 Å². The maximum atomic E-state index is 12.0. The van der Waals surface area contributed by atoms with Gasteiger partial charge in [-0.3, -0.25) is 9.59 Å². The molecule has 1 aliphatic heterocycles. The van der Waals surface area contributed by atoms with Crippen LogP contribution in [0.25, 0.3) is 0 Å². The number of carbonyl (C=O) groups excluding carboxylic acids is 2. The Hall–Kier alpha value is -1.84. The molecular weight excluding hydrogens is 240 g/mol. The lowest BCUT2D eigenvalue weighted by Gasteiger charge is -2.17. The van der Waals surface area contributed by atoms with Crippen molar-refractivity contribution in [1.82, 2.24) is 5.32 Å². The maximum Gasteiger partial charge on any atom is 0.227 e. The molecule has 0 radical (unpaired) electrons. The van der Waals surface area contributed by atoms with Crippen LogP contribution in [-0.4, -0.2) is 24.4 Å². The standard InChI is InChI=1S/C15H20N2O2/c1-3-11(2)16-15(19)12-9-14(18)17(10-12)13-7-5-4-6-8-13/h4-8,11-12H,3,9-10H2,1-2H3,(H,16,19)/t11-,12+/m1/s1. The Balaban J connectivity index is 2.02. The quantitative estimate of drug-likeness (QED) is 0.899. The topological polar surface area (TPSA) is 49.4 Å². The molecule has 0 unspecified atom stereocenters. The van der Waals surface area contributed by atoms with Crippen LogP contribution in [0.4, 0.5) is 5.69 Å². The van der Waals surface area contributed by atoms with Gasteiger partial charge >= 0.3 is 0 Å². The third-order valence-electron chi connectivity index (χ3n) is 3.56. The number of hydrogen-bond donors (Lipinski definition) is 1. The second-order valence-corrected chi connectivity index (χ2v) is 5.06. The third kappa shape index (κ3) is 3.13. The Kier molecular flexibility index (Phi) is 4.20. The molecule has 0 spiro atoms. The van der Waals surface area contributed by atoms with Crippen LogP contribution in [-0.2, 0) is 9.59 Å². The third-order valence-corrected chi connectivity index (χ3v) is 3.56. The first kappa shape index (κ1) is 13.6. The molecule has 2 atom stereocenters. The van der Waals surface area contributed by atoms with Crippen molar-refractivity contribution in [2.45, 2.75) is 32.7 Å². The monoisotopic (exact) mass is 260 g/mol. The number of amides is 2. The summed E-state index contributed by atoms with van der Waals surface area (Å²) in [5.41, 5.74) is 0.867. The fourth-order valence-corrected chi connectivity index (χ4v) is 2.20. The van der Waals surface area contributed by atoms with Crippen molar-refractivity contribution in [1.29, 1.82) is 0 Å². The van der Waals surface area contributed by atoms with Crippen LogP contribution in [0.3, 0.4) is 0 Å². The van der Waals surface area contributed by atoms with Gasteiger partial charge in [-0.05, 0) is 25.5 Å². The van der Waals surface area contributed by atoms with Crippen molar-refractivity contribution in [3.63, 3.8) is 0 Å². The zero-order chi connectivity index (χ0) is 13.8. The lowest BCUT2D eigenvalue weighted by molar-refractivity contribution is -0.126. The van der Waals surface area contributed by atoms with Crippen LogP contribution in [0.1, 0.15) is 26.7 Å². The lowest BCUT2D eigenvalue weighted by atomic mass is 10.1. The number of nitrogens with zero attached hydrogens (tertiary/aromatic N) is 1. The Labute approximate surface area is 113 Å². The first-order valence-electron chi connectivity index (χ1n) is 6.77. The first-order chi connectivity index (χ1) is 9.11. The predicted octanol–water partition coefficient (Wildman–Crippen LogP) is 1.95. The van der Waals surface area contributed by atoms with E-state index in [1.165, 1.54) is 0 Å². The minimum atomic E-state index is -0.235. The molecule has 1 aromatic carbocycles. The Morgan fingerprint density at radius 3 is 2.74 bits per heavy atom. The van der Waals surface area contributed by atoms with E-state index in [0.29, 0.717) is 13.0 Å². The molecule has 2 amide bonds. The first-order valence-corrected chi connectivity index (χ1v) is 6.77. The molecule has 0 saturated carbocycles. The minimum absolute atomic E-state index is 0.0128. The van der Waals surface area contributed by atoms with E-state index in [1.54, 1.807) is 4.90 Å². The molecule has 0 aromatic heterocycles. The van der Waals surface area contributed by atoms with Gasteiger partial charge in [-0.2, -0.15) is 0 Å². The summed E-state index contributed by atoms with van der Waals surface area (Å²) in [5.74, 6) is -0.224. The maximum absolute atomic E-state index is 12.0. The van der Waals surface area contributed by atoms with Gasteiger partial charge in [-0.15, -0.1) is 0 Å². The molecule has 1 heterocycles. The van der Waals surface area contributed by atoms with Crippen LogP contribution >= 0.6 is 0 Å². The molecule has 102 valence electrons. The smallest absolute Gasteiger partial charge is 0.227 e. The fraction of sp³-hybridized carbons (Fsp3) is 0.467. The van der Waals surface area contributed by atoms with Crippen LogP contribution in [0.15, 0.2) is 30.3 Å². The van der Waals surface area contributed by atoms with E-state index in [2.05, 4.69) is 5.32 Å². The van der Waals surface area contributed by atoms with E-state index in [1.807, 2.05) is 44.2 Å². The van der Waals surface area contributed by atoms with E-state index in [0.717, 1.165) is 12.1 Å². The van der Waals surface area contributed by atoms with Crippen molar-refractivity contribution in [2.24, 2.45) is 5.92 Å². The van der Waals surface area contributed by atoms with Crippen molar-refractivity contribution in [3.05, 3.63) is 30.3 Å². The lowest BCUT2D eigenvalue weighted by Crippen LogP contribution is -2.38. The minimum Gasteiger partial charge on any atom is -0.353 e. The Morgan fingerprint density at radius 2 is 2.11 bits per heavy atom. The molecule has 1 N–H and O–H groups in total. The van der Waals surface area contributed by atoms with E-state index in [9.17, 15) is 9.59 Å². The van der Waals surface area contributed by atoms with Gasteiger partial charge in [0.2, 0.25) is 11.8 Å². The predicted molar refractivity (Wildman–Crippen MR) is 74.8 cm³/mol. The van der Waals surface area contributed by atoms with Gasteiger partial charge in [0.05, 0.1) is 5.92 Å². The van der Waals surface area contributed by atoms with Crippen molar-refractivity contribution in [3.8, 4) is 0 Å². The number of nitrogens with one attached hydrogen (secondary N) is 1. The highest BCUT2D eigenvalue weighted by molar-refractivity contribution is 6.00. The van der Waals surface area contributed by atoms with Gasteiger partial charge in [-0.25, -0.2) is 0 Å². The molecule has 4 nitrogen and oxygen atoms in total. The number of carbonyl (C=O) groups is 2. The number of anilines is 1. The summed E-state index contributed by atoms with van der Waals surface area (Å²) in [6.07, 6.45) is 1.20. The van der Waals surface area contributed by atoms with Gasteiger partial charge in [0.15, 0.2) is 0 Å². The number of para-hydroxylation sites is 1. The van der Waals surface area contributed by atoms with Crippen LogP contribution in [0, 0.1) is 5.92 Å². The van der Waals surface area contributed by atoms with Crippen molar-refractivity contribution < 1.29 is 9.59 Å². The van der Waals surface area contributed by atoms with Crippen molar-refractivity contribution in [2.75, 3.05) is 11.4 Å². The zero-order valence-corrected chi connectivity index (χ0v) is 11.4. The Morgan fingerprint density at radius 1 is 1.42 bits per heavy atom. The molecule has 4 heteroatoms. The summed E-state index contributed by atoms with van der Waals surface area (Å²) in [6.45, 7) is 4.48. The van der Waals surface area contributed by atoms with Crippen LogP contribution in [0.5, 0.6) is 0 Å². The summed E-state index contributed by atoms with van der Waals surface area (Å²) in [5, 5.41) is 2.95. The van der Waals surface area contributed by atoms with Gasteiger partial charge in [0.1, 0.15) is 0 Å². The summed E-state index contributed by atoms with van der Waals surface area (Å²) >= 11 is 0. The normalized spacial score (nSPS) is 20.4. The summed E-state index contributed by atoms with van der Waals surface area (Å²) in [4.78, 5) is 25.7. The molecule has 1 fully saturated rings. The van der Waals surface area contributed by atoms with E-state index in [4.69, 9.17) is 0 Å². The SMILES string of the molecule is CC[C@@H](C)NC(=O)[C@H]1CC(=O)N(c2ccccc2)C1. The molecule has 1 aliphatic rings. The molecule has 0 bridgehead atoms. The average molecular weight is 260 g/mol. The van der Waals surface area contributed by atoms with E-state index < -0.39 is 0 Å². The summed E-state index contributed by atoms with van der Waals surface area (Å²) in [6, 6.07) is 9.66. The second kappa shape index (κ2) is 5.87. The molecule has 1 aromatic rings. The zero-order valence-electron chi connectivity index (χ0n) is 11.4. The highest BCUT2D eigenvalue weighted by Crippen LogP contribution is 2.24. The number of benzene rings is 1.